The van der Waals surface area contributed by atoms with E-state index in [0.717, 1.165) is 24.2 Å². The lowest BCUT2D eigenvalue weighted by molar-refractivity contribution is -0.854. The minimum absolute atomic E-state index is 0.828. The Balaban J connectivity index is 2.40. The van der Waals surface area contributed by atoms with Gasteiger partial charge in [0.15, 0.2) is 0 Å². The van der Waals surface area contributed by atoms with Crippen molar-refractivity contribution in [1.29, 1.82) is 0 Å². The minimum atomic E-state index is 0.828. The van der Waals surface area contributed by atoms with Crippen LogP contribution in [0.15, 0.2) is 24.4 Å². The first-order valence-electron chi connectivity index (χ1n) is 3.94. The van der Waals surface area contributed by atoms with Crippen LogP contribution in [-0.4, -0.2) is 38.3 Å². The van der Waals surface area contributed by atoms with E-state index in [1.165, 1.54) is 0 Å². The molecule has 1 aliphatic rings. The molecule has 0 aromatic heterocycles. The first kappa shape index (κ1) is 8.50. The lowest BCUT2D eigenvalue weighted by Gasteiger charge is -2.30. The van der Waals surface area contributed by atoms with Crippen molar-refractivity contribution in [3.63, 3.8) is 0 Å². The van der Waals surface area contributed by atoms with Crippen LogP contribution in [0.3, 0.4) is 0 Å². The molecule has 1 atom stereocenters. The second-order valence-corrected chi connectivity index (χ2v) is 3.15. The summed E-state index contributed by atoms with van der Waals surface area (Å²) < 4.78 is 6.00. The zero-order valence-electron chi connectivity index (χ0n) is 7.29. The molecule has 1 aliphatic heterocycles. The van der Waals surface area contributed by atoms with Gasteiger partial charge in [0, 0.05) is 7.11 Å². The van der Waals surface area contributed by atoms with E-state index in [2.05, 4.69) is 31.5 Å². The number of rotatable bonds is 3. The molecule has 0 bridgehead atoms. The summed E-state index contributed by atoms with van der Waals surface area (Å²) in [7, 11) is 3.95. The van der Waals surface area contributed by atoms with Gasteiger partial charge < -0.3 is 4.74 Å². The lowest BCUT2D eigenvalue weighted by Crippen LogP contribution is -2.41. The molecule has 0 radical (unpaired) electrons. The summed E-state index contributed by atoms with van der Waals surface area (Å²) >= 11 is 0. The standard InChI is InChI=1S/C9H16NO/c1-10(8-9-11-2)6-4-3-5-7-10/h3-6H,7-9H2,1-2H3/q+1. The summed E-state index contributed by atoms with van der Waals surface area (Å²) in [6.45, 7) is 2.96. The lowest BCUT2D eigenvalue weighted by atomic mass is 10.3. The number of likely N-dealkylation sites (N-methyl/N-ethyl adjacent to an activating group) is 1. The molecule has 2 heteroatoms. The summed E-state index contributed by atoms with van der Waals surface area (Å²) in [6.07, 6.45) is 8.58. The van der Waals surface area contributed by atoms with Crippen LogP contribution in [-0.2, 0) is 4.74 Å². The number of quaternary nitrogens is 1. The quantitative estimate of drug-likeness (QED) is 0.554. The van der Waals surface area contributed by atoms with Crippen molar-refractivity contribution < 1.29 is 9.22 Å². The van der Waals surface area contributed by atoms with Gasteiger partial charge in [-0.05, 0) is 12.2 Å². The van der Waals surface area contributed by atoms with Crippen molar-refractivity contribution in [2.75, 3.05) is 33.9 Å². The van der Waals surface area contributed by atoms with Crippen molar-refractivity contribution in [3.8, 4) is 0 Å². The third-order valence-corrected chi connectivity index (χ3v) is 2.02. The molecule has 62 valence electrons. The van der Waals surface area contributed by atoms with Crippen LogP contribution in [0.2, 0.25) is 0 Å². The molecular formula is C9H16NO+. The van der Waals surface area contributed by atoms with E-state index in [9.17, 15) is 0 Å². The maximum Gasteiger partial charge on any atom is 0.107 e. The summed E-state index contributed by atoms with van der Waals surface area (Å²) in [5.41, 5.74) is 0. The van der Waals surface area contributed by atoms with Crippen molar-refractivity contribution in [1.82, 2.24) is 0 Å². The first-order chi connectivity index (χ1) is 5.27. The Morgan fingerprint density at radius 3 is 2.82 bits per heavy atom. The second kappa shape index (κ2) is 3.69. The Morgan fingerprint density at radius 2 is 2.27 bits per heavy atom. The minimum Gasteiger partial charge on any atom is -0.379 e. The SMILES string of the molecule is COCC[N+]1(C)C=CC=CC1. The molecule has 0 amide bonds. The number of hydrogen-bond donors (Lipinski definition) is 0. The number of ether oxygens (including phenoxy) is 1. The molecular weight excluding hydrogens is 138 g/mol. The van der Waals surface area contributed by atoms with Gasteiger partial charge in [-0.1, -0.05) is 6.08 Å². The van der Waals surface area contributed by atoms with E-state index in [4.69, 9.17) is 4.74 Å². The normalized spacial score (nSPS) is 29.3. The third kappa shape index (κ3) is 2.48. The number of nitrogens with zero attached hydrogens (tertiary/aromatic N) is 1. The van der Waals surface area contributed by atoms with E-state index >= 15 is 0 Å². The maximum absolute atomic E-state index is 5.04. The molecule has 0 aliphatic carbocycles. The van der Waals surface area contributed by atoms with Gasteiger partial charge in [-0.15, -0.1) is 0 Å². The van der Waals surface area contributed by atoms with Gasteiger partial charge in [-0.3, -0.25) is 4.48 Å². The Kier molecular flexibility index (Phi) is 2.85. The molecule has 1 unspecified atom stereocenters. The van der Waals surface area contributed by atoms with Gasteiger partial charge in [-0.25, -0.2) is 0 Å². The fourth-order valence-corrected chi connectivity index (χ4v) is 1.16. The highest BCUT2D eigenvalue weighted by atomic mass is 16.5. The molecule has 2 nitrogen and oxygen atoms in total. The first-order valence-corrected chi connectivity index (χ1v) is 3.94. The summed E-state index contributed by atoms with van der Waals surface area (Å²) in [5.74, 6) is 0. The van der Waals surface area contributed by atoms with E-state index < -0.39 is 0 Å². The predicted octanol–water partition coefficient (Wildman–Crippen LogP) is 1.16. The van der Waals surface area contributed by atoms with Crippen LogP contribution in [0.1, 0.15) is 0 Å². The Labute approximate surface area is 68.4 Å². The average Bonchev–Trinajstić information content (AvgIpc) is 2.03. The molecule has 11 heavy (non-hydrogen) atoms. The highest BCUT2D eigenvalue weighted by Crippen LogP contribution is 2.07. The van der Waals surface area contributed by atoms with Gasteiger partial charge in [0.25, 0.3) is 0 Å². The average molecular weight is 154 g/mol. The highest BCUT2D eigenvalue weighted by molar-refractivity contribution is 5.03. The Morgan fingerprint density at radius 1 is 1.45 bits per heavy atom. The monoisotopic (exact) mass is 154 g/mol. The zero-order chi connectivity index (χ0) is 8.16. The zero-order valence-corrected chi connectivity index (χ0v) is 7.29. The fourth-order valence-electron chi connectivity index (χ4n) is 1.16. The van der Waals surface area contributed by atoms with Gasteiger partial charge >= 0.3 is 0 Å². The maximum atomic E-state index is 5.04. The molecule has 0 aromatic rings. The molecule has 0 aromatic carbocycles. The topological polar surface area (TPSA) is 9.23 Å². The van der Waals surface area contributed by atoms with Crippen LogP contribution in [0.5, 0.6) is 0 Å². The van der Waals surface area contributed by atoms with Crippen LogP contribution >= 0.6 is 0 Å². The molecule has 0 N–H and O–H groups in total. The summed E-state index contributed by atoms with van der Waals surface area (Å²) in [5, 5.41) is 0. The van der Waals surface area contributed by atoms with Gasteiger partial charge in [0.1, 0.15) is 13.1 Å². The summed E-state index contributed by atoms with van der Waals surface area (Å²) in [4.78, 5) is 0. The van der Waals surface area contributed by atoms with E-state index in [1.54, 1.807) is 7.11 Å². The van der Waals surface area contributed by atoms with E-state index in [1.807, 2.05) is 0 Å². The van der Waals surface area contributed by atoms with Crippen molar-refractivity contribution in [2.45, 2.75) is 0 Å². The van der Waals surface area contributed by atoms with E-state index in [0.29, 0.717) is 0 Å². The third-order valence-electron chi connectivity index (χ3n) is 2.02. The van der Waals surface area contributed by atoms with Gasteiger partial charge in [0.2, 0.25) is 0 Å². The van der Waals surface area contributed by atoms with Crippen LogP contribution in [0.4, 0.5) is 0 Å². The van der Waals surface area contributed by atoms with Crippen molar-refractivity contribution in [2.24, 2.45) is 0 Å². The molecule has 0 saturated carbocycles. The molecule has 0 saturated heterocycles. The second-order valence-electron chi connectivity index (χ2n) is 3.15. The Bertz CT molecular complexity index is 174. The Hall–Kier alpha value is -0.600. The fraction of sp³-hybridized carbons (Fsp3) is 0.556. The number of hydrogen-bond acceptors (Lipinski definition) is 1. The molecule has 0 fully saturated rings. The molecule has 0 spiro atoms. The van der Waals surface area contributed by atoms with Crippen LogP contribution in [0.25, 0.3) is 0 Å². The molecule has 1 rings (SSSR count). The van der Waals surface area contributed by atoms with E-state index in [-0.39, 0.29) is 0 Å². The smallest absolute Gasteiger partial charge is 0.107 e. The summed E-state index contributed by atoms with van der Waals surface area (Å²) in [6, 6.07) is 0. The van der Waals surface area contributed by atoms with Crippen LogP contribution in [0, 0.1) is 0 Å². The number of allylic oxidation sites excluding steroid dienone is 2. The molecule has 1 heterocycles. The largest absolute Gasteiger partial charge is 0.379 e. The van der Waals surface area contributed by atoms with Crippen molar-refractivity contribution >= 4 is 0 Å². The number of methoxy groups -OCH3 is 1. The van der Waals surface area contributed by atoms with Crippen LogP contribution < -0.4 is 0 Å². The van der Waals surface area contributed by atoms with Gasteiger partial charge in [-0.2, -0.15) is 0 Å². The van der Waals surface area contributed by atoms with Crippen molar-refractivity contribution in [3.05, 3.63) is 24.4 Å². The van der Waals surface area contributed by atoms with Gasteiger partial charge in [0.05, 0.1) is 19.9 Å². The highest BCUT2D eigenvalue weighted by Gasteiger charge is 2.17. The predicted molar refractivity (Wildman–Crippen MR) is 46.1 cm³/mol.